The van der Waals surface area contributed by atoms with E-state index in [2.05, 4.69) is 10.2 Å². The molecule has 25 heavy (non-hydrogen) atoms. The fourth-order valence-corrected chi connectivity index (χ4v) is 2.97. The molecule has 2 aromatic rings. The standard InChI is InChI=1S/C20H24N2O3/c1-15-5-3-4-6-19(15)25-14-20(23)21-16-7-9-17(10-8-16)22-12-11-18(13-22)24-2/h3-10,18H,11-14H2,1-2H3,(H,21,23). The second-order valence-corrected chi connectivity index (χ2v) is 6.24. The summed E-state index contributed by atoms with van der Waals surface area (Å²) in [7, 11) is 1.76. The van der Waals surface area contributed by atoms with Crippen LogP contribution in [0.5, 0.6) is 5.75 Å². The third kappa shape index (κ3) is 4.51. The predicted molar refractivity (Wildman–Crippen MR) is 99.4 cm³/mol. The molecule has 0 spiro atoms. The van der Waals surface area contributed by atoms with Crippen LogP contribution in [-0.4, -0.2) is 38.8 Å². The number of para-hydroxylation sites is 1. The Morgan fingerprint density at radius 1 is 1.20 bits per heavy atom. The predicted octanol–water partition coefficient (Wildman–Crippen LogP) is 3.24. The molecule has 0 radical (unpaired) electrons. The number of hydrogen-bond donors (Lipinski definition) is 1. The Hall–Kier alpha value is -2.53. The van der Waals surface area contributed by atoms with E-state index in [0.29, 0.717) is 6.10 Å². The highest BCUT2D eigenvalue weighted by molar-refractivity contribution is 5.92. The van der Waals surface area contributed by atoms with Gasteiger partial charge in [0.05, 0.1) is 6.10 Å². The molecule has 5 nitrogen and oxygen atoms in total. The van der Waals surface area contributed by atoms with Gasteiger partial charge in [-0.25, -0.2) is 0 Å². The van der Waals surface area contributed by atoms with E-state index in [1.54, 1.807) is 7.11 Å². The van der Waals surface area contributed by atoms with Crippen molar-refractivity contribution in [1.82, 2.24) is 0 Å². The molecule has 1 saturated heterocycles. The van der Waals surface area contributed by atoms with Gasteiger partial charge >= 0.3 is 0 Å². The van der Waals surface area contributed by atoms with Crippen LogP contribution in [0.1, 0.15) is 12.0 Å². The summed E-state index contributed by atoms with van der Waals surface area (Å²) in [6.45, 7) is 3.85. The molecular weight excluding hydrogens is 316 g/mol. The topological polar surface area (TPSA) is 50.8 Å². The number of benzene rings is 2. The van der Waals surface area contributed by atoms with Crippen LogP contribution < -0.4 is 15.0 Å². The molecule has 3 rings (SSSR count). The van der Waals surface area contributed by atoms with Crippen LogP contribution in [-0.2, 0) is 9.53 Å². The highest BCUT2D eigenvalue weighted by Gasteiger charge is 2.22. The molecule has 0 aromatic heterocycles. The Balaban J connectivity index is 1.51. The first kappa shape index (κ1) is 17.3. The van der Waals surface area contributed by atoms with Crippen molar-refractivity contribution >= 4 is 17.3 Å². The average molecular weight is 340 g/mol. The van der Waals surface area contributed by atoms with Gasteiger partial charge in [-0.2, -0.15) is 0 Å². The number of nitrogens with zero attached hydrogens (tertiary/aromatic N) is 1. The monoisotopic (exact) mass is 340 g/mol. The summed E-state index contributed by atoms with van der Waals surface area (Å²) < 4.78 is 11.0. The molecule has 1 N–H and O–H groups in total. The van der Waals surface area contributed by atoms with E-state index in [1.807, 2.05) is 55.5 Å². The molecular formula is C20H24N2O3. The first-order chi connectivity index (χ1) is 12.2. The van der Waals surface area contributed by atoms with E-state index in [9.17, 15) is 4.79 Å². The number of nitrogens with one attached hydrogen (secondary N) is 1. The molecule has 1 fully saturated rings. The summed E-state index contributed by atoms with van der Waals surface area (Å²) in [6, 6.07) is 15.5. The smallest absolute Gasteiger partial charge is 0.262 e. The molecule has 1 aliphatic heterocycles. The number of ether oxygens (including phenoxy) is 2. The number of anilines is 2. The fraction of sp³-hybridized carbons (Fsp3) is 0.350. The van der Waals surface area contributed by atoms with Gasteiger partial charge in [0.2, 0.25) is 0 Å². The maximum atomic E-state index is 12.1. The van der Waals surface area contributed by atoms with Crippen molar-refractivity contribution in [1.29, 1.82) is 0 Å². The SMILES string of the molecule is COC1CCN(c2ccc(NC(=O)COc3ccccc3C)cc2)C1. The minimum Gasteiger partial charge on any atom is -0.483 e. The summed E-state index contributed by atoms with van der Waals surface area (Å²) in [5.41, 5.74) is 2.93. The summed E-state index contributed by atoms with van der Waals surface area (Å²) in [5.74, 6) is 0.561. The van der Waals surface area contributed by atoms with Gasteiger partial charge in [-0.05, 0) is 49.2 Å². The molecule has 0 saturated carbocycles. The second kappa shape index (κ2) is 8.03. The van der Waals surface area contributed by atoms with E-state index < -0.39 is 0 Å². The van der Waals surface area contributed by atoms with Crippen molar-refractivity contribution in [2.45, 2.75) is 19.4 Å². The lowest BCUT2D eigenvalue weighted by Gasteiger charge is -2.18. The van der Waals surface area contributed by atoms with Crippen molar-refractivity contribution in [3.05, 3.63) is 54.1 Å². The van der Waals surface area contributed by atoms with Crippen molar-refractivity contribution in [2.75, 3.05) is 37.0 Å². The van der Waals surface area contributed by atoms with Crippen LogP contribution in [0.3, 0.4) is 0 Å². The van der Waals surface area contributed by atoms with Crippen LogP contribution in [0, 0.1) is 6.92 Å². The summed E-state index contributed by atoms with van der Waals surface area (Å²) in [4.78, 5) is 14.3. The zero-order valence-corrected chi connectivity index (χ0v) is 14.7. The van der Waals surface area contributed by atoms with Gasteiger partial charge in [-0.3, -0.25) is 4.79 Å². The molecule has 1 aliphatic rings. The highest BCUT2D eigenvalue weighted by Crippen LogP contribution is 2.23. The molecule has 0 bridgehead atoms. The first-order valence-electron chi connectivity index (χ1n) is 8.52. The number of hydrogen-bond acceptors (Lipinski definition) is 4. The van der Waals surface area contributed by atoms with Gasteiger partial charge in [0, 0.05) is 31.6 Å². The lowest BCUT2D eigenvalue weighted by atomic mass is 10.2. The molecule has 132 valence electrons. The third-order valence-corrected chi connectivity index (χ3v) is 4.45. The van der Waals surface area contributed by atoms with E-state index in [4.69, 9.17) is 9.47 Å². The van der Waals surface area contributed by atoms with Gasteiger partial charge in [0.25, 0.3) is 5.91 Å². The Morgan fingerprint density at radius 3 is 2.64 bits per heavy atom. The zero-order valence-electron chi connectivity index (χ0n) is 14.7. The Labute approximate surface area is 148 Å². The van der Waals surface area contributed by atoms with Crippen molar-refractivity contribution in [3.63, 3.8) is 0 Å². The number of carbonyl (C=O) groups excluding carboxylic acids is 1. The summed E-state index contributed by atoms with van der Waals surface area (Å²) in [6.07, 6.45) is 1.35. The molecule has 1 atom stereocenters. The van der Waals surface area contributed by atoms with Crippen LogP contribution in [0.15, 0.2) is 48.5 Å². The van der Waals surface area contributed by atoms with Crippen LogP contribution in [0.4, 0.5) is 11.4 Å². The Kier molecular flexibility index (Phi) is 5.56. The first-order valence-corrected chi connectivity index (χ1v) is 8.52. The number of amides is 1. The van der Waals surface area contributed by atoms with Crippen LogP contribution in [0.25, 0.3) is 0 Å². The largest absolute Gasteiger partial charge is 0.483 e. The molecule has 5 heteroatoms. The van der Waals surface area contributed by atoms with E-state index in [1.165, 1.54) is 0 Å². The molecule has 1 heterocycles. The average Bonchev–Trinajstić information content (AvgIpc) is 3.11. The van der Waals surface area contributed by atoms with Crippen LogP contribution in [0.2, 0.25) is 0 Å². The summed E-state index contributed by atoms with van der Waals surface area (Å²) in [5, 5.41) is 2.86. The minimum absolute atomic E-state index is 0.00571. The maximum absolute atomic E-state index is 12.1. The number of aryl methyl sites for hydroxylation is 1. The van der Waals surface area contributed by atoms with Gasteiger partial charge in [0.1, 0.15) is 5.75 Å². The van der Waals surface area contributed by atoms with Crippen molar-refractivity contribution in [2.24, 2.45) is 0 Å². The van der Waals surface area contributed by atoms with E-state index in [-0.39, 0.29) is 12.5 Å². The van der Waals surface area contributed by atoms with Gasteiger partial charge in [-0.15, -0.1) is 0 Å². The van der Waals surface area contributed by atoms with Gasteiger partial charge in [0.15, 0.2) is 6.61 Å². The Bertz CT molecular complexity index is 715. The molecule has 1 unspecified atom stereocenters. The minimum atomic E-state index is -0.170. The highest BCUT2D eigenvalue weighted by atomic mass is 16.5. The van der Waals surface area contributed by atoms with Crippen LogP contribution >= 0.6 is 0 Å². The number of rotatable bonds is 6. The van der Waals surface area contributed by atoms with Crippen molar-refractivity contribution in [3.8, 4) is 5.75 Å². The number of carbonyl (C=O) groups is 1. The van der Waals surface area contributed by atoms with E-state index >= 15 is 0 Å². The maximum Gasteiger partial charge on any atom is 0.262 e. The Morgan fingerprint density at radius 2 is 1.96 bits per heavy atom. The zero-order chi connectivity index (χ0) is 17.6. The fourth-order valence-electron chi connectivity index (χ4n) is 2.97. The number of methoxy groups -OCH3 is 1. The molecule has 1 amide bonds. The lowest BCUT2D eigenvalue weighted by molar-refractivity contribution is -0.118. The third-order valence-electron chi connectivity index (χ3n) is 4.45. The van der Waals surface area contributed by atoms with Crippen molar-refractivity contribution < 1.29 is 14.3 Å². The lowest BCUT2D eigenvalue weighted by Crippen LogP contribution is -2.22. The van der Waals surface area contributed by atoms with Gasteiger partial charge < -0.3 is 19.7 Å². The second-order valence-electron chi connectivity index (χ2n) is 6.24. The van der Waals surface area contributed by atoms with Gasteiger partial charge in [-0.1, -0.05) is 18.2 Å². The molecule has 2 aromatic carbocycles. The normalized spacial score (nSPS) is 16.7. The summed E-state index contributed by atoms with van der Waals surface area (Å²) >= 11 is 0. The quantitative estimate of drug-likeness (QED) is 0.877. The molecule has 0 aliphatic carbocycles. The van der Waals surface area contributed by atoms with E-state index in [0.717, 1.165) is 42.2 Å².